The lowest BCUT2D eigenvalue weighted by molar-refractivity contribution is -0.144. The van der Waals surface area contributed by atoms with Crippen LogP contribution in [0.5, 0.6) is 0 Å². The van der Waals surface area contributed by atoms with Crippen LogP contribution in [0.4, 0.5) is 10.1 Å². The van der Waals surface area contributed by atoms with E-state index in [1.165, 1.54) is 11.0 Å². The molecule has 4 aliphatic rings. The van der Waals surface area contributed by atoms with E-state index in [-0.39, 0.29) is 53.8 Å². The van der Waals surface area contributed by atoms with E-state index in [0.29, 0.717) is 12.2 Å². The maximum atomic E-state index is 14.0. The summed E-state index contributed by atoms with van der Waals surface area (Å²) in [5.41, 5.74) is 0.651. The maximum Gasteiger partial charge on any atom is 0.240 e. The number of allylic oxidation sites excluding steroid dienone is 2. The molecule has 0 radical (unpaired) electrons. The number of carbonyl (C=O) groups excluding carboxylic acids is 3. The summed E-state index contributed by atoms with van der Waals surface area (Å²) >= 11 is 0. The van der Waals surface area contributed by atoms with E-state index in [1.54, 1.807) is 6.07 Å². The van der Waals surface area contributed by atoms with E-state index < -0.39 is 0 Å². The topological polar surface area (TPSA) is 73.0 Å². The molecule has 2 aliphatic heterocycles. The summed E-state index contributed by atoms with van der Waals surface area (Å²) in [4.78, 5) is 43.2. The number of amides is 3. The van der Waals surface area contributed by atoms with Gasteiger partial charge in [-0.15, -0.1) is 0 Å². The first kappa shape index (κ1) is 21.1. The van der Waals surface area contributed by atoms with Gasteiger partial charge in [0.05, 0.1) is 17.5 Å². The molecular formula is C24H29FN4O3. The van der Waals surface area contributed by atoms with Crippen molar-refractivity contribution in [2.24, 2.45) is 23.7 Å². The number of hydrogen-bond acceptors (Lipinski definition) is 5. The van der Waals surface area contributed by atoms with Crippen LogP contribution in [-0.2, 0) is 14.4 Å². The Hall–Kier alpha value is -2.74. The molecule has 4 unspecified atom stereocenters. The second-order valence-corrected chi connectivity index (χ2v) is 9.25. The van der Waals surface area contributed by atoms with Gasteiger partial charge in [0.2, 0.25) is 17.7 Å². The minimum Gasteiger partial charge on any atom is -0.367 e. The third-order valence-electron chi connectivity index (χ3n) is 7.40. The van der Waals surface area contributed by atoms with Gasteiger partial charge in [-0.05, 0) is 43.4 Å². The quantitative estimate of drug-likeness (QED) is 0.393. The first-order valence-corrected chi connectivity index (χ1v) is 11.5. The predicted octanol–water partition coefficient (Wildman–Crippen LogP) is 1.26. The van der Waals surface area contributed by atoms with Crippen LogP contribution < -0.4 is 10.2 Å². The molecule has 1 saturated carbocycles. The fraction of sp³-hybridized carbons (Fsp3) is 0.542. The Kier molecular flexibility index (Phi) is 5.71. The average molecular weight is 441 g/mol. The van der Waals surface area contributed by atoms with Crippen LogP contribution in [0.3, 0.4) is 0 Å². The number of rotatable bonds is 7. The van der Waals surface area contributed by atoms with Crippen LogP contribution >= 0.6 is 0 Å². The first-order valence-electron chi connectivity index (χ1n) is 11.5. The van der Waals surface area contributed by atoms with E-state index >= 15 is 0 Å². The molecule has 3 fully saturated rings. The number of fused-ring (bicyclic) bond motifs is 5. The fourth-order valence-corrected chi connectivity index (χ4v) is 5.77. The van der Waals surface area contributed by atoms with Gasteiger partial charge in [-0.3, -0.25) is 24.2 Å². The maximum absolute atomic E-state index is 14.0. The molecule has 0 aromatic heterocycles. The molecule has 2 saturated heterocycles. The second-order valence-electron chi connectivity index (χ2n) is 9.25. The van der Waals surface area contributed by atoms with Crippen molar-refractivity contribution >= 4 is 23.4 Å². The highest BCUT2D eigenvalue weighted by atomic mass is 19.1. The fourth-order valence-electron chi connectivity index (χ4n) is 5.77. The first-order chi connectivity index (χ1) is 15.5. The van der Waals surface area contributed by atoms with Gasteiger partial charge in [0.15, 0.2) is 0 Å². The Morgan fingerprint density at radius 2 is 1.66 bits per heavy atom. The number of imide groups is 1. The van der Waals surface area contributed by atoms with Crippen molar-refractivity contribution in [2.75, 3.05) is 50.7 Å². The van der Waals surface area contributed by atoms with Crippen molar-refractivity contribution in [3.05, 3.63) is 42.2 Å². The number of nitrogens with zero attached hydrogens (tertiary/aromatic N) is 3. The molecule has 1 aromatic rings. The largest absolute Gasteiger partial charge is 0.367 e. The summed E-state index contributed by atoms with van der Waals surface area (Å²) in [6.45, 7) is 4.40. The number of anilines is 1. The zero-order valence-corrected chi connectivity index (χ0v) is 18.1. The Labute approximate surface area is 187 Å². The molecule has 7 nitrogen and oxygen atoms in total. The van der Waals surface area contributed by atoms with Crippen LogP contribution in [-0.4, -0.2) is 73.3 Å². The summed E-state index contributed by atoms with van der Waals surface area (Å²) in [6.07, 6.45) is 5.78. The summed E-state index contributed by atoms with van der Waals surface area (Å²) < 4.78 is 14.0. The number of hydrogen-bond donors (Lipinski definition) is 1. The standard InChI is InChI=1S/C24H29FN4O3/c25-18-4-1-2-5-19(18)28-12-10-27(11-13-28)9-3-8-26-20(30)15-29-23(31)21-16-6-7-17(14-16)22(21)24(29)32/h1-2,4-7,16-17,21-22H,3,8-15H2,(H,26,30). The van der Waals surface area contributed by atoms with Crippen molar-refractivity contribution in [1.29, 1.82) is 0 Å². The van der Waals surface area contributed by atoms with Crippen molar-refractivity contribution in [3.63, 3.8) is 0 Å². The van der Waals surface area contributed by atoms with E-state index in [2.05, 4.69) is 27.3 Å². The second kappa shape index (κ2) is 8.65. The van der Waals surface area contributed by atoms with Gasteiger partial charge in [-0.2, -0.15) is 0 Å². The van der Waals surface area contributed by atoms with Crippen molar-refractivity contribution in [2.45, 2.75) is 12.8 Å². The predicted molar refractivity (Wildman–Crippen MR) is 117 cm³/mol. The van der Waals surface area contributed by atoms with Crippen molar-refractivity contribution in [3.8, 4) is 0 Å². The zero-order valence-electron chi connectivity index (χ0n) is 18.1. The van der Waals surface area contributed by atoms with Gasteiger partial charge in [0.1, 0.15) is 12.4 Å². The highest BCUT2D eigenvalue weighted by Crippen LogP contribution is 2.52. The highest BCUT2D eigenvalue weighted by Gasteiger charge is 2.59. The van der Waals surface area contributed by atoms with Crippen LogP contribution in [0, 0.1) is 29.5 Å². The van der Waals surface area contributed by atoms with E-state index in [0.717, 1.165) is 45.6 Å². The SMILES string of the molecule is O=C(CN1C(=O)C2C3C=CC(C3)C2C1=O)NCCCN1CCN(c2ccccc2F)CC1. The molecule has 32 heavy (non-hydrogen) atoms. The molecule has 5 rings (SSSR count). The minimum absolute atomic E-state index is 0.161. The molecule has 2 aliphatic carbocycles. The lowest BCUT2D eigenvalue weighted by Crippen LogP contribution is -2.47. The third-order valence-corrected chi connectivity index (χ3v) is 7.40. The molecule has 2 bridgehead atoms. The minimum atomic E-state index is -0.281. The van der Waals surface area contributed by atoms with Gasteiger partial charge in [-0.25, -0.2) is 4.39 Å². The lowest BCUT2D eigenvalue weighted by atomic mass is 9.85. The van der Waals surface area contributed by atoms with Crippen LogP contribution in [0.2, 0.25) is 0 Å². The number of halogens is 1. The number of nitrogens with one attached hydrogen (secondary N) is 1. The molecule has 4 atom stereocenters. The van der Waals surface area contributed by atoms with Crippen molar-refractivity contribution < 1.29 is 18.8 Å². The Bertz CT molecular complexity index is 913. The molecule has 1 aromatic carbocycles. The van der Waals surface area contributed by atoms with E-state index in [4.69, 9.17) is 0 Å². The number of carbonyl (C=O) groups is 3. The molecule has 1 N–H and O–H groups in total. The smallest absolute Gasteiger partial charge is 0.240 e. The van der Waals surface area contributed by atoms with Crippen LogP contribution in [0.1, 0.15) is 12.8 Å². The number of likely N-dealkylation sites (tertiary alicyclic amines) is 1. The summed E-state index contributed by atoms with van der Waals surface area (Å²) in [5, 5.41) is 2.85. The molecular weight excluding hydrogens is 411 g/mol. The Morgan fingerprint density at radius 1 is 1.00 bits per heavy atom. The van der Waals surface area contributed by atoms with Crippen molar-refractivity contribution in [1.82, 2.24) is 15.1 Å². The molecule has 0 spiro atoms. The zero-order chi connectivity index (χ0) is 22.2. The summed E-state index contributed by atoms with van der Waals surface area (Å²) in [7, 11) is 0. The van der Waals surface area contributed by atoms with Gasteiger partial charge in [0.25, 0.3) is 0 Å². The Balaban J connectivity index is 1.01. The van der Waals surface area contributed by atoms with Gasteiger partial charge >= 0.3 is 0 Å². The third kappa shape index (κ3) is 3.81. The Morgan fingerprint density at radius 3 is 2.31 bits per heavy atom. The van der Waals surface area contributed by atoms with E-state index in [9.17, 15) is 18.8 Å². The molecule has 8 heteroatoms. The summed E-state index contributed by atoms with van der Waals surface area (Å²) in [6, 6.07) is 6.85. The van der Waals surface area contributed by atoms with Crippen LogP contribution in [0.15, 0.2) is 36.4 Å². The van der Waals surface area contributed by atoms with E-state index in [1.807, 2.05) is 12.1 Å². The molecule has 170 valence electrons. The highest BCUT2D eigenvalue weighted by molar-refractivity contribution is 6.08. The monoisotopic (exact) mass is 440 g/mol. The molecule has 2 heterocycles. The number of para-hydroxylation sites is 1. The van der Waals surface area contributed by atoms with Gasteiger partial charge in [0, 0.05) is 32.7 Å². The lowest BCUT2D eigenvalue weighted by Gasteiger charge is -2.36. The number of piperazine rings is 1. The van der Waals surface area contributed by atoms with Gasteiger partial charge in [-0.1, -0.05) is 24.3 Å². The average Bonchev–Trinajstić information content (AvgIpc) is 3.48. The normalized spacial score (nSPS) is 29.2. The molecule has 3 amide bonds. The van der Waals surface area contributed by atoms with Crippen LogP contribution in [0.25, 0.3) is 0 Å². The number of benzene rings is 1. The summed E-state index contributed by atoms with van der Waals surface area (Å²) in [5.74, 6) is -1.02. The van der Waals surface area contributed by atoms with Gasteiger partial charge < -0.3 is 10.2 Å².